The van der Waals surface area contributed by atoms with E-state index >= 15 is 0 Å². The monoisotopic (exact) mass is 505 g/mol. The van der Waals surface area contributed by atoms with Gasteiger partial charge in [-0.15, -0.1) is 0 Å². The van der Waals surface area contributed by atoms with E-state index in [4.69, 9.17) is 29.4 Å². The molecule has 0 spiro atoms. The van der Waals surface area contributed by atoms with Gasteiger partial charge in [-0.05, 0) is 16.7 Å². The summed E-state index contributed by atoms with van der Waals surface area (Å²) >= 11 is 0. The van der Waals surface area contributed by atoms with Gasteiger partial charge >= 0.3 is 5.97 Å². The molecule has 2 N–H and O–H groups in total. The maximum atomic E-state index is 11.9. The highest BCUT2D eigenvalue weighted by Gasteiger charge is 2.48. The summed E-state index contributed by atoms with van der Waals surface area (Å²) in [4.78, 5) is 11.9. The average molecular weight is 506 g/mol. The number of ether oxygens (including phenoxy) is 5. The van der Waals surface area contributed by atoms with Crippen LogP contribution < -0.4 is 5.73 Å². The molecule has 1 saturated heterocycles. The maximum absolute atomic E-state index is 11.9. The molecule has 0 radical (unpaired) electrons. The standard InChI is InChI=1S/C30H35NO6/c1-22(32)36-30-26(17-31)28(34-19-24-13-7-3-8-14-24)29(35-20-25-15-9-4-10-16-25)27(37-30)21-33-18-23-11-5-2-6-12-23/h2-16,26-30H,17-21,31H2,1H3/t26-,27?,28?,29+,30?/m1/s1. The molecule has 7 heteroatoms. The Kier molecular flexibility index (Phi) is 10.2. The van der Waals surface area contributed by atoms with Crippen LogP contribution in [0.1, 0.15) is 23.6 Å². The summed E-state index contributed by atoms with van der Waals surface area (Å²) in [6.07, 6.45) is -2.40. The second kappa shape index (κ2) is 14.0. The second-order valence-electron chi connectivity index (χ2n) is 9.08. The molecule has 0 aromatic heterocycles. The van der Waals surface area contributed by atoms with Crippen molar-refractivity contribution >= 4 is 5.97 Å². The molecule has 0 saturated carbocycles. The fourth-order valence-electron chi connectivity index (χ4n) is 4.44. The summed E-state index contributed by atoms with van der Waals surface area (Å²) in [5.74, 6) is -0.864. The highest BCUT2D eigenvalue weighted by Crippen LogP contribution is 2.32. The maximum Gasteiger partial charge on any atom is 0.304 e. The van der Waals surface area contributed by atoms with Gasteiger partial charge in [0.1, 0.15) is 12.2 Å². The minimum absolute atomic E-state index is 0.195. The summed E-state index contributed by atoms with van der Waals surface area (Å²) in [5.41, 5.74) is 9.28. The van der Waals surface area contributed by atoms with Gasteiger partial charge in [-0.2, -0.15) is 0 Å². The number of nitrogens with two attached hydrogens (primary N) is 1. The molecule has 7 nitrogen and oxygen atoms in total. The molecule has 1 aliphatic heterocycles. The minimum atomic E-state index is -0.870. The van der Waals surface area contributed by atoms with Gasteiger partial charge in [0, 0.05) is 13.5 Å². The van der Waals surface area contributed by atoms with Crippen LogP contribution in [0.5, 0.6) is 0 Å². The topological polar surface area (TPSA) is 89.2 Å². The van der Waals surface area contributed by atoms with Gasteiger partial charge in [0.25, 0.3) is 0 Å². The summed E-state index contributed by atoms with van der Waals surface area (Å²) in [5, 5.41) is 0. The number of esters is 1. The summed E-state index contributed by atoms with van der Waals surface area (Å²) in [6, 6.07) is 29.7. The predicted molar refractivity (Wildman–Crippen MR) is 139 cm³/mol. The smallest absolute Gasteiger partial charge is 0.304 e. The predicted octanol–water partition coefficient (Wildman–Crippen LogP) is 4.24. The van der Waals surface area contributed by atoms with E-state index in [1.54, 1.807) is 0 Å². The van der Waals surface area contributed by atoms with Crippen LogP contribution in [0.2, 0.25) is 0 Å². The number of carbonyl (C=O) groups is 1. The molecule has 0 aliphatic carbocycles. The van der Waals surface area contributed by atoms with Crippen molar-refractivity contribution in [3.8, 4) is 0 Å². The first-order chi connectivity index (χ1) is 18.1. The zero-order valence-corrected chi connectivity index (χ0v) is 21.1. The lowest BCUT2D eigenvalue weighted by atomic mass is 9.90. The molecular weight excluding hydrogens is 470 g/mol. The molecule has 1 heterocycles. The molecular formula is C30H35NO6. The van der Waals surface area contributed by atoms with E-state index in [2.05, 4.69) is 0 Å². The third-order valence-corrected chi connectivity index (χ3v) is 6.29. The van der Waals surface area contributed by atoms with Crippen molar-refractivity contribution in [2.75, 3.05) is 13.2 Å². The third kappa shape index (κ3) is 7.95. The Morgan fingerprint density at radius 1 is 0.757 bits per heavy atom. The highest BCUT2D eigenvalue weighted by atomic mass is 16.7. The first-order valence-corrected chi connectivity index (χ1v) is 12.6. The Bertz CT molecular complexity index is 1070. The Labute approximate surface area is 218 Å². The summed E-state index contributed by atoms with van der Waals surface area (Å²) in [6.45, 7) is 2.92. The van der Waals surface area contributed by atoms with Gasteiger partial charge in [-0.3, -0.25) is 4.79 Å². The molecule has 1 aliphatic rings. The van der Waals surface area contributed by atoms with Crippen LogP contribution in [0.3, 0.4) is 0 Å². The molecule has 37 heavy (non-hydrogen) atoms. The molecule has 0 amide bonds. The Morgan fingerprint density at radius 2 is 1.24 bits per heavy atom. The number of hydrogen-bond donors (Lipinski definition) is 1. The van der Waals surface area contributed by atoms with Gasteiger partial charge < -0.3 is 29.4 Å². The van der Waals surface area contributed by atoms with Crippen LogP contribution in [0.4, 0.5) is 0 Å². The van der Waals surface area contributed by atoms with Crippen molar-refractivity contribution in [2.24, 2.45) is 11.7 Å². The number of benzene rings is 3. The van der Waals surface area contributed by atoms with Gasteiger partial charge in [0.15, 0.2) is 0 Å². The molecule has 0 bridgehead atoms. The van der Waals surface area contributed by atoms with Crippen LogP contribution in [-0.2, 0) is 48.3 Å². The highest BCUT2D eigenvalue weighted by molar-refractivity contribution is 5.66. The van der Waals surface area contributed by atoms with E-state index < -0.39 is 36.5 Å². The largest absolute Gasteiger partial charge is 0.435 e. The fraction of sp³-hybridized carbons (Fsp3) is 0.367. The van der Waals surface area contributed by atoms with Crippen molar-refractivity contribution < 1.29 is 28.5 Å². The second-order valence-corrected chi connectivity index (χ2v) is 9.08. The first-order valence-electron chi connectivity index (χ1n) is 12.6. The molecule has 3 aromatic rings. The van der Waals surface area contributed by atoms with Crippen LogP contribution in [0.25, 0.3) is 0 Å². The van der Waals surface area contributed by atoms with Crippen molar-refractivity contribution in [3.05, 3.63) is 108 Å². The molecule has 1 fully saturated rings. The average Bonchev–Trinajstić information content (AvgIpc) is 2.92. The number of hydrogen-bond acceptors (Lipinski definition) is 7. The fourth-order valence-corrected chi connectivity index (χ4v) is 4.44. The van der Waals surface area contributed by atoms with Crippen LogP contribution >= 0.6 is 0 Å². The van der Waals surface area contributed by atoms with Gasteiger partial charge in [0.05, 0.1) is 38.4 Å². The lowest BCUT2D eigenvalue weighted by Gasteiger charge is -2.45. The van der Waals surface area contributed by atoms with E-state index in [1.807, 2.05) is 91.0 Å². The Balaban J connectivity index is 1.55. The van der Waals surface area contributed by atoms with Gasteiger partial charge in [-0.1, -0.05) is 91.0 Å². The van der Waals surface area contributed by atoms with E-state index in [0.717, 1.165) is 16.7 Å². The summed E-state index contributed by atoms with van der Waals surface area (Å²) < 4.78 is 30.8. The van der Waals surface area contributed by atoms with Crippen molar-refractivity contribution in [1.29, 1.82) is 0 Å². The first kappa shape index (κ1) is 27.0. The summed E-state index contributed by atoms with van der Waals surface area (Å²) in [7, 11) is 0. The van der Waals surface area contributed by atoms with Crippen LogP contribution in [-0.4, -0.2) is 43.7 Å². The quantitative estimate of drug-likeness (QED) is 0.368. The lowest BCUT2D eigenvalue weighted by Crippen LogP contribution is -2.60. The molecule has 3 unspecified atom stereocenters. The Morgan fingerprint density at radius 3 is 1.73 bits per heavy atom. The van der Waals surface area contributed by atoms with Crippen molar-refractivity contribution in [1.82, 2.24) is 0 Å². The van der Waals surface area contributed by atoms with Crippen LogP contribution in [0.15, 0.2) is 91.0 Å². The molecule has 5 atom stereocenters. The molecule has 196 valence electrons. The van der Waals surface area contributed by atoms with E-state index in [0.29, 0.717) is 19.8 Å². The molecule has 3 aromatic carbocycles. The lowest BCUT2D eigenvalue weighted by molar-refractivity contribution is -0.295. The third-order valence-electron chi connectivity index (χ3n) is 6.29. The van der Waals surface area contributed by atoms with E-state index in [9.17, 15) is 4.79 Å². The van der Waals surface area contributed by atoms with Crippen LogP contribution in [0, 0.1) is 5.92 Å². The zero-order valence-electron chi connectivity index (χ0n) is 21.1. The van der Waals surface area contributed by atoms with Crippen molar-refractivity contribution in [3.63, 3.8) is 0 Å². The van der Waals surface area contributed by atoms with Gasteiger partial charge in [0.2, 0.25) is 6.29 Å². The van der Waals surface area contributed by atoms with Crippen molar-refractivity contribution in [2.45, 2.75) is 51.3 Å². The molecule has 4 rings (SSSR count). The normalized spacial score (nSPS) is 23.5. The van der Waals surface area contributed by atoms with E-state index in [-0.39, 0.29) is 13.2 Å². The minimum Gasteiger partial charge on any atom is -0.435 e. The zero-order chi connectivity index (χ0) is 25.9. The number of rotatable bonds is 12. The SMILES string of the molecule is CC(=O)OC1OC(COCc2ccccc2)[C@H](OCc2ccccc2)C(OCc2ccccc2)[C@H]1CN. The van der Waals surface area contributed by atoms with E-state index in [1.165, 1.54) is 6.92 Å². The Hall–Kier alpha value is -3.07. The van der Waals surface area contributed by atoms with Gasteiger partial charge in [-0.25, -0.2) is 0 Å². The number of carbonyl (C=O) groups excluding carboxylic acids is 1.